The molecule has 112 valence electrons. The molecule has 1 N–H and O–H groups in total. The van der Waals surface area contributed by atoms with Gasteiger partial charge in [0.25, 0.3) is 0 Å². The highest BCUT2D eigenvalue weighted by molar-refractivity contribution is 5.60. The Bertz CT molecular complexity index is 584. The number of hydrogen-bond donors (Lipinski definition) is 1. The number of methoxy groups -OCH3 is 2. The molecule has 0 bridgehead atoms. The molecule has 0 spiro atoms. The highest BCUT2D eigenvalue weighted by Gasteiger charge is 2.19. The maximum absolute atomic E-state index is 5.36. The van der Waals surface area contributed by atoms with E-state index in [9.17, 15) is 0 Å². The first-order valence-corrected chi connectivity index (χ1v) is 7.05. The number of hydrogen-bond acceptors (Lipinski definition) is 6. The van der Waals surface area contributed by atoms with Crippen molar-refractivity contribution in [3.8, 4) is 22.9 Å². The third kappa shape index (κ3) is 3.16. The smallest absolute Gasteiger partial charge is 0.227 e. The molecule has 0 radical (unpaired) electrons. The molecule has 3 rings (SSSR count). The minimum absolute atomic E-state index is 0.563. The van der Waals surface area contributed by atoms with Gasteiger partial charge in [0.15, 0.2) is 0 Å². The van der Waals surface area contributed by atoms with Gasteiger partial charge < -0.3 is 19.3 Å². The minimum atomic E-state index is 0.563. The summed E-state index contributed by atoms with van der Waals surface area (Å²) in [6.45, 7) is 2.09. The van der Waals surface area contributed by atoms with Crippen molar-refractivity contribution >= 4 is 0 Å². The molecule has 6 nitrogen and oxygen atoms in total. The fourth-order valence-electron chi connectivity index (χ4n) is 2.53. The van der Waals surface area contributed by atoms with Crippen LogP contribution < -0.4 is 14.8 Å². The van der Waals surface area contributed by atoms with E-state index in [1.165, 1.54) is 0 Å². The molecule has 6 heteroatoms. The molecule has 21 heavy (non-hydrogen) atoms. The van der Waals surface area contributed by atoms with Gasteiger partial charge in [-0.05, 0) is 37.6 Å². The molecule has 1 aromatic carbocycles. The number of nitrogens with one attached hydrogen (secondary N) is 1. The maximum atomic E-state index is 5.36. The molecule has 1 aliphatic heterocycles. The summed E-state index contributed by atoms with van der Waals surface area (Å²) in [5, 5.41) is 7.40. The zero-order chi connectivity index (χ0) is 14.7. The van der Waals surface area contributed by atoms with Gasteiger partial charge in [0.1, 0.15) is 11.5 Å². The minimum Gasteiger partial charge on any atom is -0.497 e. The summed E-state index contributed by atoms with van der Waals surface area (Å²) in [5.74, 6) is 3.23. The monoisotopic (exact) mass is 289 g/mol. The lowest BCUT2D eigenvalue weighted by Gasteiger charge is -2.05. The molecule has 2 aromatic rings. The van der Waals surface area contributed by atoms with Crippen LogP contribution in [0.2, 0.25) is 0 Å². The van der Waals surface area contributed by atoms with Crippen molar-refractivity contribution in [2.24, 2.45) is 5.92 Å². The molecular formula is C15H19N3O3. The second-order valence-corrected chi connectivity index (χ2v) is 5.18. The van der Waals surface area contributed by atoms with E-state index in [2.05, 4.69) is 15.5 Å². The fourth-order valence-corrected chi connectivity index (χ4v) is 2.53. The average molecular weight is 289 g/mol. The third-order valence-corrected chi connectivity index (χ3v) is 3.70. The van der Waals surface area contributed by atoms with Gasteiger partial charge in [-0.25, -0.2) is 0 Å². The molecule has 1 fully saturated rings. The Hall–Kier alpha value is -2.08. The van der Waals surface area contributed by atoms with Gasteiger partial charge in [-0.3, -0.25) is 0 Å². The zero-order valence-corrected chi connectivity index (χ0v) is 12.3. The Morgan fingerprint density at radius 1 is 1.24 bits per heavy atom. The topological polar surface area (TPSA) is 69.4 Å². The van der Waals surface area contributed by atoms with Gasteiger partial charge in [0.2, 0.25) is 11.7 Å². The van der Waals surface area contributed by atoms with Crippen molar-refractivity contribution < 1.29 is 14.0 Å². The molecule has 1 aromatic heterocycles. The van der Waals surface area contributed by atoms with Crippen molar-refractivity contribution in [3.63, 3.8) is 0 Å². The lowest BCUT2D eigenvalue weighted by molar-refractivity contribution is 0.358. The second-order valence-electron chi connectivity index (χ2n) is 5.18. The maximum Gasteiger partial charge on any atom is 0.227 e. The standard InChI is InChI=1S/C15H19N3O3/c1-19-12-6-11(7-13(8-12)20-2)15-17-14(21-18-15)5-10-3-4-16-9-10/h6-8,10,16H,3-5,9H2,1-2H3. The number of rotatable bonds is 5. The van der Waals surface area contributed by atoms with Crippen LogP contribution in [-0.2, 0) is 6.42 Å². The molecule has 0 amide bonds. The highest BCUT2D eigenvalue weighted by Crippen LogP contribution is 2.28. The molecule has 1 unspecified atom stereocenters. The van der Waals surface area contributed by atoms with E-state index >= 15 is 0 Å². The SMILES string of the molecule is COc1cc(OC)cc(-c2noc(CC3CCNC3)n2)c1. The average Bonchev–Trinajstić information content (AvgIpc) is 3.19. The Morgan fingerprint density at radius 3 is 2.62 bits per heavy atom. The molecule has 0 saturated carbocycles. The van der Waals surface area contributed by atoms with Crippen molar-refractivity contribution in [1.29, 1.82) is 0 Å². The quantitative estimate of drug-likeness (QED) is 0.906. The molecule has 2 heterocycles. The van der Waals surface area contributed by atoms with E-state index in [1.807, 2.05) is 18.2 Å². The summed E-state index contributed by atoms with van der Waals surface area (Å²) in [6.07, 6.45) is 1.98. The Labute approximate surface area is 123 Å². The zero-order valence-electron chi connectivity index (χ0n) is 12.3. The molecule has 1 saturated heterocycles. The van der Waals surface area contributed by atoms with Crippen molar-refractivity contribution in [2.75, 3.05) is 27.3 Å². The molecule has 1 atom stereocenters. The fraction of sp³-hybridized carbons (Fsp3) is 0.467. The van der Waals surface area contributed by atoms with Crippen LogP contribution in [-0.4, -0.2) is 37.4 Å². The van der Waals surface area contributed by atoms with Gasteiger partial charge in [-0.2, -0.15) is 4.98 Å². The summed E-state index contributed by atoms with van der Waals surface area (Å²) in [4.78, 5) is 4.48. The van der Waals surface area contributed by atoms with E-state index < -0.39 is 0 Å². The van der Waals surface area contributed by atoms with E-state index in [-0.39, 0.29) is 0 Å². The summed E-state index contributed by atoms with van der Waals surface area (Å²) in [5.41, 5.74) is 0.825. The number of nitrogens with zero attached hydrogens (tertiary/aromatic N) is 2. The predicted octanol–water partition coefficient (Wildman–Crippen LogP) is 1.91. The van der Waals surface area contributed by atoms with Gasteiger partial charge >= 0.3 is 0 Å². The molecule has 1 aliphatic rings. The lowest BCUT2D eigenvalue weighted by atomic mass is 10.1. The highest BCUT2D eigenvalue weighted by atomic mass is 16.5. The van der Waals surface area contributed by atoms with Gasteiger partial charge in [0.05, 0.1) is 14.2 Å². The van der Waals surface area contributed by atoms with Gasteiger partial charge in [0, 0.05) is 18.1 Å². The van der Waals surface area contributed by atoms with E-state index in [0.29, 0.717) is 29.1 Å². The summed E-state index contributed by atoms with van der Waals surface area (Å²) in [7, 11) is 3.24. The third-order valence-electron chi connectivity index (χ3n) is 3.70. The first kappa shape index (κ1) is 13.9. The van der Waals surface area contributed by atoms with Crippen LogP contribution in [0, 0.1) is 5.92 Å². The van der Waals surface area contributed by atoms with Crippen LogP contribution in [0.25, 0.3) is 11.4 Å². The second kappa shape index (κ2) is 6.13. The Morgan fingerprint density at radius 2 is 2.00 bits per heavy atom. The molecule has 0 aliphatic carbocycles. The van der Waals surface area contributed by atoms with E-state index in [4.69, 9.17) is 14.0 Å². The summed E-state index contributed by atoms with van der Waals surface area (Å²) < 4.78 is 15.9. The Balaban J connectivity index is 1.81. The van der Waals surface area contributed by atoms with Crippen LogP contribution >= 0.6 is 0 Å². The molecular weight excluding hydrogens is 270 g/mol. The summed E-state index contributed by atoms with van der Waals surface area (Å²) in [6, 6.07) is 5.55. The van der Waals surface area contributed by atoms with Crippen LogP contribution in [0.15, 0.2) is 22.7 Å². The van der Waals surface area contributed by atoms with Crippen LogP contribution in [0.1, 0.15) is 12.3 Å². The van der Waals surface area contributed by atoms with Crippen molar-refractivity contribution in [1.82, 2.24) is 15.5 Å². The first-order valence-electron chi connectivity index (χ1n) is 7.05. The normalized spacial score (nSPS) is 17.9. The van der Waals surface area contributed by atoms with Crippen molar-refractivity contribution in [3.05, 3.63) is 24.1 Å². The summed E-state index contributed by atoms with van der Waals surface area (Å²) >= 11 is 0. The first-order chi connectivity index (χ1) is 10.3. The van der Waals surface area contributed by atoms with Crippen LogP contribution in [0.4, 0.5) is 0 Å². The van der Waals surface area contributed by atoms with Crippen molar-refractivity contribution in [2.45, 2.75) is 12.8 Å². The van der Waals surface area contributed by atoms with Gasteiger partial charge in [-0.1, -0.05) is 5.16 Å². The van der Waals surface area contributed by atoms with Crippen LogP contribution in [0.3, 0.4) is 0 Å². The largest absolute Gasteiger partial charge is 0.497 e. The van der Waals surface area contributed by atoms with E-state index in [0.717, 1.165) is 31.5 Å². The number of aromatic nitrogens is 2. The number of ether oxygens (including phenoxy) is 2. The predicted molar refractivity (Wildman–Crippen MR) is 77.5 cm³/mol. The Kier molecular flexibility index (Phi) is 4.06. The van der Waals surface area contributed by atoms with Crippen LogP contribution in [0.5, 0.6) is 11.5 Å². The van der Waals surface area contributed by atoms with Gasteiger partial charge in [-0.15, -0.1) is 0 Å². The van der Waals surface area contributed by atoms with E-state index in [1.54, 1.807) is 14.2 Å². The number of benzene rings is 1. The lowest BCUT2D eigenvalue weighted by Crippen LogP contribution is -2.10.